The van der Waals surface area contributed by atoms with E-state index in [2.05, 4.69) is 10.6 Å². The number of piperidine rings is 1. The molecule has 2 amide bonds. The fourth-order valence-corrected chi connectivity index (χ4v) is 4.02. The Balaban J connectivity index is 1.48. The highest BCUT2D eigenvalue weighted by atomic mass is 16.5. The van der Waals surface area contributed by atoms with Gasteiger partial charge in [0.2, 0.25) is 11.8 Å². The first-order chi connectivity index (χ1) is 16.1. The Kier molecular flexibility index (Phi) is 5.44. The number of ether oxygens (including phenoxy) is 2. The van der Waals surface area contributed by atoms with Crippen molar-refractivity contribution in [2.24, 2.45) is 0 Å². The van der Waals surface area contributed by atoms with E-state index in [1.165, 1.54) is 0 Å². The average molecular weight is 441 g/mol. The third-order valence-electron chi connectivity index (χ3n) is 5.71. The van der Waals surface area contributed by atoms with Crippen molar-refractivity contribution in [1.29, 1.82) is 0 Å². The molecule has 0 bridgehead atoms. The number of rotatable bonds is 6. The van der Waals surface area contributed by atoms with Crippen molar-refractivity contribution in [2.75, 3.05) is 12.4 Å². The zero-order valence-corrected chi connectivity index (χ0v) is 18.1. The minimum atomic E-state index is -0.402. The predicted octanol–water partition coefficient (Wildman–Crippen LogP) is 5.16. The maximum atomic E-state index is 12.3. The molecular formula is C26H23N3O4. The lowest BCUT2D eigenvalue weighted by Gasteiger charge is -2.22. The first-order valence-corrected chi connectivity index (χ1v) is 10.7. The SMILES string of the molecule is COc1ccc(Nc2cccc3cn(C4CCC(=O)NC4=O)cc23)c(Oc2ccccc2)c1. The van der Waals surface area contributed by atoms with E-state index >= 15 is 0 Å². The molecule has 7 nitrogen and oxygen atoms in total. The summed E-state index contributed by atoms with van der Waals surface area (Å²) in [6.07, 6.45) is 4.71. The van der Waals surface area contributed by atoms with Gasteiger partial charge in [-0.2, -0.15) is 0 Å². The van der Waals surface area contributed by atoms with Crippen LogP contribution in [0.4, 0.5) is 11.4 Å². The molecule has 0 saturated carbocycles. The van der Waals surface area contributed by atoms with Gasteiger partial charge < -0.3 is 19.4 Å². The molecule has 33 heavy (non-hydrogen) atoms. The Labute approximate surface area is 190 Å². The maximum Gasteiger partial charge on any atom is 0.249 e. The van der Waals surface area contributed by atoms with Crippen LogP contribution in [0.2, 0.25) is 0 Å². The zero-order chi connectivity index (χ0) is 22.8. The molecule has 1 fully saturated rings. The molecule has 7 heteroatoms. The van der Waals surface area contributed by atoms with Gasteiger partial charge in [-0.1, -0.05) is 30.3 Å². The summed E-state index contributed by atoms with van der Waals surface area (Å²) in [7, 11) is 1.62. The quantitative estimate of drug-likeness (QED) is 0.404. The molecule has 0 radical (unpaired) electrons. The van der Waals surface area contributed by atoms with E-state index in [0.717, 1.165) is 27.9 Å². The fraction of sp³-hybridized carbons (Fsp3) is 0.154. The van der Waals surface area contributed by atoms with Gasteiger partial charge in [0, 0.05) is 41.3 Å². The molecule has 0 spiro atoms. The van der Waals surface area contributed by atoms with Gasteiger partial charge in [0.05, 0.1) is 12.8 Å². The van der Waals surface area contributed by atoms with Gasteiger partial charge in [-0.15, -0.1) is 0 Å². The van der Waals surface area contributed by atoms with Crippen molar-refractivity contribution in [3.05, 3.63) is 79.1 Å². The van der Waals surface area contributed by atoms with E-state index in [1.54, 1.807) is 7.11 Å². The van der Waals surface area contributed by atoms with Crippen LogP contribution in [0.1, 0.15) is 18.9 Å². The van der Waals surface area contributed by atoms with Gasteiger partial charge in [0.15, 0.2) is 5.75 Å². The molecule has 4 aromatic rings. The van der Waals surface area contributed by atoms with E-state index in [1.807, 2.05) is 83.7 Å². The third kappa shape index (κ3) is 4.25. The number of carbonyl (C=O) groups is 2. The highest BCUT2D eigenvalue weighted by Crippen LogP contribution is 2.37. The molecule has 166 valence electrons. The molecule has 1 aliphatic rings. The lowest BCUT2D eigenvalue weighted by molar-refractivity contribution is -0.135. The van der Waals surface area contributed by atoms with E-state index in [-0.39, 0.29) is 11.8 Å². The molecular weight excluding hydrogens is 418 g/mol. The summed E-state index contributed by atoms with van der Waals surface area (Å²) < 4.78 is 13.4. The summed E-state index contributed by atoms with van der Waals surface area (Å²) in [6, 6.07) is 20.7. The van der Waals surface area contributed by atoms with E-state index in [0.29, 0.717) is 24.3 Å². The van der Waals surface area contributed by atoms with Gasteiger partial charge >= 0.3 is 0 Å². The second-order valence-electron chi connectivity index (χ2n) is 7.88. The minimum Gasteiger partial charge on any atom is -0.497 e. The Bertz CT molecular complexity index is 1330. The van der Waals surface area contributed by atoms with Gasteiger partial charge in [0.1, 0.15) is 17.5 Å². The van der Waals surface area contributed by atoms with Crippen molar-refractivity contribution in [2.45, 2.75) is 18.9 Å². The highest BCUT2D eigenvalue weighted by Gasteiger charge is 2.28. The van der Waals surface area contributed by atoms with Crippen LogP contribution in [-0.4, -0.2) is 23.5 Å². The summed E-state index contributed by atoms with van der Waals surface area (Å²) in [5, 5.41) is 7.85. The largest absolute Gasteiger partial charge is 0.497 e. The molecule has 5 rings (SSSR count). The van der Waals surface area contributed by atoms with Crippen molar-refractivity contribution in [3.8, 4) is 17.2 Å². The number of nitrogens with one attached hydrogen (secondary N) is 2. The van der Waals surface area contributed by atoms with Gasteiger partial charge in [-0.05, 0) is 36.8 Å². The molecule has 1 saturated heterocycles. The number of anilines is 2. The van der Waals surface area contributed by atoms with E-state index in [4.69, 9.17) is 9.47 Å². The van der Waals surface area contributed by atoms with Gasteiger partial charge in [0.25, 0.3) is 0 Å². The van der Waals surface area contributed by atoms with Crippen LogP contribution in [0.15, 0.2) is 79.1 Å². The fourth-order valence-electron chi connectivity index (χ4n) is 4.02. The number of methoxy groups -OCH3 is 1. The predicted molar refractivity (Wildman–Crippen MR) is 126 cm³/mol. The van der Waals surface area contributed by atoms with Crippen LogP contribution >= 0.6 is 0 Å². The number of imide groups is 1. The normalized spacial score (nSPS) is 15.8. The number of para-hydroxylation sites is 1. The third-order valence-corrected chi connectivity index (χ3v) is 5.71. The average Bonchev–Trinajstić information content (AvgIpc) is 3.26. The first-order valence-electron chi connectivity index (χ1n) is 10.7. The minimum absolute atomic E-state index is 0.222. The molecule has 0 aliphatic carbocycles. The number of aromatic nitrogens is 1. The number of hydrogen-bond acceptors (Lipinski definition) is 5. The summed E-state index contributed by atoms with van der Waals surface area (Å²) in [4.78, 5) is 23.9. The van der Waals surface area contributed by atoms with Crippen LogP contribution < -0.4 is 20.1 Å². The molecule has 1 aromatic heterocycles. The highest BCUT2D eigenvalue weighted by molar-refractivity contribution is 6.00. The monoisotopic (exact) mass is 441 g/mol. The van der Waals surface area contributed by atoms with Crippen LogP contribution in [0.3, 0.4) is 0 Å². The van der Waals surface area contributed by atoms with Crippen molar-refractivity contribution < 1.29 is 19.1 Å². The summed E-state index contributed by atoms with van der Waals surface area (Å²) in [5.74, 6) is 1.54. The van der Waals surface area contributed by atoms with Crippen LogP contribution in [0.25, 0.3) is 10.8 Å². The van der Waals surface area contributed by atoms with Crippen molar-refractivity contribution in [3.63, 3.8) is 0 Å². The van der Waals surface area contributed by atoms with Crippen LogP contribution in [0, 0.1) is 0 Å². The smallest absolute Gasteiger partial charge is 0.249 e. The molecule has 2 N–H and O–H groups in total. The Hall–Kier alpha value is -4.26. The molecule has 3 aromatic carbocycles. The first kappa shape index (κ1) is 20.6. The molecule has 1 atom stereocenters. The second kappa shape index (κ2) is 8.70. The topological polar surface area (TPSA) is 81.6 Å². The number of hydrogen-bond donors (Lipinski definition) is 2. The Morgan fingerprint density at radius 3 is 2.58 bits per heavy atom. The van der Waals surface area contributed by atoms with E-state index in [9.17, 15) is 9.59 Å². The number of fused-ring (bicyclic) bond motifs is 1. The summed E-state index contributed by atoms with van der Waals surface area (Å²) in [6.45, 7) is 0. The summed E-state index contributed by atoms with van der Waals surface area (Å²) in [5.41, 5.74) is 1.66. The number of benzene rings is 3. The number of carbonyl (C=O) groups excluding carboxylic acids is 2. The Morgan fingerprint density at radius 2 is 1.79 bits per heavy atom. The van der Waals surface area contributed by atoms with Crippen LogP contribution in [0.5, 0.6) is 17.2 Å². The Morgan fingerprint density at radius 1 is 0.939 bits per heavy atom. The lowest BCUT2D eigenvalue weighted by Crippen LogP contribution is -2.41. The van der Waals surface area contributed by atoms with Crippen molar-refractivity contribution in [1.82, 2.24) is 9.88 Å². The molecule has 2 heterocycles. The standard InChI is InChI=1S/C26H23N3O4/c1-32-19-10-11-22(24(14-19)33-18-7-3-2-4-8-18)27-21-9-5-6-17-15-29(16-20(17)21)23-12-13-25(30)28-26(23)31/h2-11,14-16,23,27H,12-13H2,1H3,(H,28,30,31). The van der Waals surface area contributed by atoms with E-state index < -0.39 is 6.04 Å². The molecule has 1 aliphatic heterocycles. The van der Waals surface area contributed by atoms with Crippen molar-refractivity contribution >= 4 is 34.0 Å². The summed E-state index contributed by atoms with van der Waals surface area (Å²) >= 11 is 0. The number of amides is 2. The maximum absolute atomic E-state index is 12.3. The molecule has 1 unspecified atom stereocenters. The second-order valence-corrected chi connectivity index (χ2v) is 7.88. The van der Waals surface area contributed by atoms with Gasteiger partial charge in [-0.3, -0.25) is 14.9 Å². The van der Waals surface area contributed by atoms with Gasteiger partial charge in [-0.25, -0.2) is 0 Å². The van der Waals surface area contributed by atoms with Crippen LogP contribution in [-0.2, 0) is 9.59 Å². The lowest BCUT2D eigenvalue weighted by atomic mass is 10.1. The number of nitrogens with zero attached hydrogens (tertiary/aromatic N) is 1. The zero-order valence-electron chi connectivity index (χ0n) is 18.1.